The zero-order chi connectivity index (χ0) is 25.7. The summed E-state index contributed by atoms with van der Waals surface area (Å²) in [6, 6.07) is 0. The van der Waals surface area contributed by atoms with Crippen LogP contribution >= 0.6 is 0 Å². The number of methoxy groups -OCH3 is 1. The lowest BCUT2D eigenvalue weighted by atomic mass is 9.81. The Bertz CT molecular complexity index is 1150. The van der Waals surface area contributed by atoms with Gasteiger partial charge in [-0.1, -0.05) is 5.92 Å². The number of aliphatic hydroxyl groups is 1. The van der Waals surface area contributed by atoms with E-state index in [1.807, 2.05) is 6.92 Å². The number of carbonyl (C=O) groups excluding carboxylic acids is 2. The van der Waals surface area contributed by atoms with Crippen LogP contribution in [0.4, 0.5) is 10.6 Å². The van der Waals surface area contributed by atoms with E-state index >= 15 is 0 Å². The molecule has 1 saturated carbocycles. The largest absolute Gasteiger partial charge is 0.507 e. The van der Waals surface area contributed by atoms with E-state index in [4.69, 9.17) is 15.2 Å². The molecule has 4 rings (SSSR count). The second-order valence-corrected chi connectivity index (χ2v) is 9.13. The Hall–Kier alpha value is -3.43. The van der Waals surface area contributed by atoms with Crippen LogP contribution in [0.3, 0.4) is 0 Å². The van der Waals surface area contributed by atoms with E-state index in [9.17, 15) is 14.7 Å². The van der Waals surface area contributed by atoms with E-state index in [1.54, 1.807) is 4.57 Å². The molecular weight excluding hydrogens is 468 g/mol. The van der Waals surface area contributed by atoms with Gasteiger partial charge in [-0.15, -0.1) is 0 Å². The molecule has 4 N–H and O–H groups in total. The number of nitrogens with one attached hydrogen (secondary N) is 1. The zero-order valence-corrected chi connectivity index (χ0v) is 20.5. The van der Waals surface area contributed by atoms with Crippen molar-refractivity contribution in [3.8, 4) is 11.8 Å². The first-order chi connectivity index (χ1) is 17.4. The number of nitrogens with zero attached hydrogens (tertiary/aromatic N) is 4. The fourth-order valence-electron chi connectivity index (χ4n) is 4.66. The number of likely N-dealkylation sites (N-methyl/N-ethyl adjacent to an activating group) is 1. The van der Waals surface area contributed by atoms with Gasteiger partial charge in [0.25, 0.3) is 0 Å². The average molecular weight is 501 g/mol. The number of aromatic nitrogens is 4. The van der Waals surface area contributed by atoms with Gasteiger partial charge in [0.15, 0.2) is 17.7 Å². The maximum absolute atomic E-state index is 12.2. The predicted molar refractivity (Wildman–Crippen MR) is 128 cm³/mol. The molecule has 12 nitrogen and oxygen atoms in total. The summed E-state index contributed by atoms with van der Waals surface area (Å²) in [7, 11) is 1.30. The summed E-state index contributed by atoms with van der Waals surface area (Å²) in [6.45, 7) is 2.68. The van der Waals surface area contributed by atoms with Crippen LogP contribution in [0.1, 0.15) is 57.5 Å². The number of hydrogen-bond donors (Lipinski definition) is 3. The number of hydrogen-bond acceptors (Lipinski definition) is 10. The molecule has 2 aliphatic rings. The van der Waals surface area contributed by atoms with Gasteiger partial charge in [-0.05, 0) is 50.4 Å². The number of anilines is 1. The van der Waals surface area contributed by atoms with E-state index in [1.165, 1.54) is 13.4 Å². The van der Waals surface area contributed by atoms with E-state index in [0.29, 0.717) is 42.6 Å². The first-order valence-corrected chi connectivity index (χ1v) is 12.2. The van der Waals surface area contributed by atoms with Gasteiger partial charge in [-0.25, -0.2) is 19.7 Å². The third-order valence-corrected chi connectivity index (χ3v) is 6.62. The van der Waals surface area contributed by atoms with E-state index in [-0.39, 0.29) is 24.0 Å². The zero-order valence-electron chi connectivity index (χ0n) is 20.5. The van der Waals surface area contributed by atoms with Crippen LogP contribution in [0, 0.1) is 23.7 Å². The minimum atomic E-state index is -0.908. The molecule has 12 heteroatoms. The van der Waals surface area contributed by atoms with Crippen molar-refractivity contribution in [1.29, 1.82) is 0 Å². The fourth-order valence-corrected chi connectivity index (χ4v) is 4.66. The molecule has 2 aromatic rings. The number of fused-ring (bicyclic) bond motifs is 1. The monoisotopic (exact) mass is 500 g/mol. The third-order valence-electron chi connectivity index (χ3n) is 6.62. The highest BCUT2D eigenvalue weighted by molar-refractivity contribution is 5.82. The summed E-state index contributed by atoms with van der Waals surface area (Å²) in [6.07, 6.45) is 3.15. The summed E-state index contributed by atoms with van der Waals surface area (Å²) in [4.78, 5) is 36.3. The number of carbonyl (C=O) groups is 2. The van der Waals surface area contributed by atoms with Gasteiger partial charge in [0, 0.05) is 19.4 Å². The summed E-state index contributed by atoms with van der Waals surface area (Å²) in [5.74, 6) is 7.13. The highest BCUT2D eigenvalue weighted by Gasteiger charge is 2.39. The van der Waals surface area contributed by atoms with Crippen molar-refractivity contribution in [2.75, 3.05) is 26.0 Å². The summed E-state index contributed by atoms with van der Waals surface area (Å²) in [5, 5.41) is 13.2. The Balaban J connectivity index is 1.40. The van der Waals surface area contributed by atoms with Gasteiger partial charge in [0.05, 0.1) is 20.0 Å². The molecule has 1 amide bonds. The maximum Gasteiger partial charge on any atom is 0.507 e. The van der Waals surface area contributed by atoms with Crippen molar-refractivity contribution in [2.24, 2.45) is 11.8 Å². The van der Waals surface area contributed by atoms with E-state index < -0.39 is 24.6 Å². The van der Waals surface area contributed by atoms with Gasteiger partial charge in [0.1, 0.15) is 17.7 Å². The molecular formula is C24H32N6O6. The van der Waals surface area contributed by atoms with Crippen LogP contribution in [0.2, 0.25) is 0 Å². The first-order valence-electron chi connectivity index (χ1n) is 12.2. The number of rotatable bonds is 6. The summed E-state index contributed by atoms with van der Waals surface area (Å²) >= 11 is 0. The van der Waals surface area contributed by atoms with Crippen LogP contribution in [0.25, 0.3) is 11.2 Å². The Morgan fingerprint density at radius 3 is 2.75 bits per heavy atom. The summed E-state index contributed by atoms with van der Waals surface area (Å²) < 4.78 is 17.0. The minimum absolute atomic E-state index is 0.167. The van der Waals surface area contributed by atoms with Crippen molar-refractivity contribution in [2.45, 2.75) is 63.9 Å². The fraction of sp³-hybridized carbons (Fsp3) is 0.625. The van der Waals surface area contributed by atoms with Gasteiger partial charge in [-0.2, -0.15) is 0 Å². The topological polar surface area (TPSA) is 164 Å². The molecule has 0 aromatic carbocycles. The van der Waals surface area contributed by atoms with Gasteiger partial charge >= 0.3 is 6.16 Å². The van der Waals surface area contributed by atoms with Gasteiger partial charge in [0.2, 0.25) is 11.7 Å². The molecule has 1 saturated heterocycles. The Labute approximate surface area is 208 Å². The highest BCUT2D eigenvalue weighted by atomic mass is 16.7. The van der Waals surface area contributed by atoms with Crippen LogP contribution in [0.5, 0.6) is 0 Å². The second kappa shape index (κ2) is 11.5. The molecule has 1 unspecified atom stereocenters. The number of nitrogens with two attached hydrogens (primary N) is 1. The second-order valence-electron chi connectivity index (χ2n) is 9.13. The van der Waals surface area contributed by atoms with Crippen molar-refractivity contribution in [1.82, 2.24) is 24.8 Å². The first kappa shape index (κ1) is 25.7. The molecule has 1 aliphatic heterocycles. The molecule has 194 valence electrons. The highest BCUT2D eigenvalue weighted by Crippen LogP contribution is 2.32. The average Bonchev–Trinajstić information content (AvgIpc) is 3.47. The molecule has 2 fully saturated rings. The molecule has 1 aliphatic carbocycles. The van der Waals surface area contributed by atoms with Crippen LogP contribution in [-0.2, 0) is 19.0 Å². The Morgan fingerprint density at radius 1 is 1.28 bits per heavy atom. The molecule has 2 aromatic heterocycles. The molecule has 0 radical (unpaired) electrons. The van der Waals surface area contributed by atoms with Crippen molar-refractivity contribution in [3.63, 3.8) is 0 Å². The molecule has 3 heterocycles. The summed E-state index contributed by atoms with van der Waals surface area (Å²) in [5.41, 5.74) is 6.87. The predicted octanol–water partition coefficient (Wildman–Crippen LogP) is 1.52. The SMILES string of the molecule is CCNC(=O)[C@@H]1CC(O)[C@H](n2cnc3c(N)nc(C#CCC4CCC(COC(=O)OC)CC4)nc32)O1. The molecule has 0 bridgehead atoms. The van der Waals surface area contributed by atoms with E-state index in [0.717, 1.165) is 25.7 Å². The van der Waals surface area contributed by atoms with Gasteiger partial charge < -0.3 is 30.4 Å². The van der Waals surface area contributed by atoms with Crippen LogP contribution in [0.15, 0.2) is 6.33 Å². The number of ether oxygens (including phenoxy) is 3. The Morgan fingerprint density at radius 2 is 2.03 bits per heavy atom. The van der Waals surface area contributed by atoms with E-state index in [2.05, 4.69) is 36.8 Å². The lowest BCUT2D eigenvalue weighted by molar-refractivity contribution is -0.134. The molecule has 3 atom stereocenters. The smallest absolute Gasteiger partial charge is 0.438 e. The minimum Gasteiger partial charge on any atom is -0.438 e. The quantitative estimate of drug-likeness (QED) is 0.391. The Kier molecular flexibility index (Phi) is 8.22. The van der Waals surface area contributed by atoms with Crippen LogP contribution < -0.4 is 11.1 Å². The lowest BCUT2D eigenvalue weighted by Gasteiger charge is -2.26. The standard InChI is InChI=1S/C24H32N6O6/c1-3-26-22(32)17-11-16(31)23(36-17)30-13-27-19-20(25)28-18(29-21(19)30)6-4-5-14-7-9-15(10-8-14)12-35-24(33)34-2/h13-17,23,31H,3,5,7-12H2,1-2H3,(H,26,32)(H2,25,28,29)/t14?,15?,16?,17-,23+/m0/s1. The van der Waals surface area contributed by atoms with Gasteiger partial charge in [-0.3, -0.25) is 9.36 Å². The van der Waals surface area contributed by atoms with Crippen molar-refractivity contribution in [3.05, 3.63) is 12.2 Å². The number of imidazole rings is 1. The van der Waals surface area contributed by atoms with Crippen molar-refractivity contribution < 1.29 is 28.9 Å². The van der Waals surface area contributed by atoms with Crippen molar-refractivity contribution >= 4 is 29.0 Å². The lowest BCUT2D eigenvalue weighted by Crippen LogP contribution is -2.34. The molecule has 0 spiro atoms. The number of nitrogen functional groups attached to an aromatic ring is 1. The third kappa shape index (κ3) is 5.85. The number of amides is 1. The van der Waals surface area contributed by atoms with Crippen LogP contribution in [-0.4, -0.2) is 69.2 Å². The normalized spacial score (nSPS) is 25.7. The maximum atomic E-state index is 12.2. The number of aliphatic hydroxyl groups excluding tert-OH is 1. The molecule has 36 heavy (non-hydrogen) atoms.